The topological polar surface area (TPSA) is 156 Å². The van der Waals surface area contributed by atoms with Gasteiger partial charge >= 0.3 is 11.9 Å². The summed E-state index contributed by atoms with van der Waals surface area (Å²) in [5.41, 5.74) is 0.152. The first kappa shape index (κ1) is 51.4. The summed E-state index contributed by atoms with van der Waals surface area (Å²) in [6.07, 6.45) is 19.2. The fraction of sp³-hybridized carbons (Fsp3) is 0.933. The zero-order valence-corrected chi connectivity index (χ0v) is 44.8. The molecule has 10 rings (SSSR count). The van der Waals surface area contributed by atoms with Gasteiger partial charge in [-0.3, -0.25) is 9.59 Å². The number of allylic oxidation sites excluding steroid dienone is 1. The Morgan fingerprint density at radius 2 is 0.912 bits per heavy atom. The van der Waals surface area contributed by atoms with E-state index < -0.39 is 45.8 Å². The van der Waals surface area contributed by atoms with Crippen LogP contribution in [0.25, 0.3) is 0 Å². The van der Waals surface area contributed by atoms with Gasteiger partial charge in [-0.2, -0.15) is 0 Å². The highest BCUT2D eigenvalue weighted by Gasteiger charge is 2.74. The van der Waals surface area contributed by atoms with Gasteiger partial charge in [0.25, 0.3) is 0 Å². The molecule has 22 unspecified atom stereocenters. The van der Waals surface area contributed by atoms with E-state index in [1.807, 2.05) is 0 Å². The smallest absolute Gasteiger partial charge is 0.309 e. The van der Waals surface area contributed by atoms with Gasteiger partial charge in [0.15, 0.2) is 0 Å². The molecule has 0 saturated heterocycles. The summed E-state index contributed by atoms with van der Waals surface area (Å²) in [4.78, 5) is 25.6. The van der Waals surface area contributed by atoms with E-state index in [0.29, 0.717) is 59.2 Å². The van der Waals surface area contributed by atoms with Crippen LogP contribution < -0.4 is 0 Å². The van der Waals surface area contributed by atoms with Gasteiger partial charge in [-0.25, -0.2) is 0 Å². The highest BCUT2D eigenvalue weighted by atomic mass is 16.4. The first-order valence-corrected chi connectivity index (χ1v) is 28.3. The number of rotatable bonds is 6. The Morgan fingerprint density at radius 3 is 1.31 bits per heavy atom. The highest BCUT2D eigenvalue weighted by Crippen LogP contribution is 2.80. The Labute approximate surface area is 412 Å². The Balaban J connectivity index is 0.000000170. The molecule has 0 aromatic rings. The van der Waals surface area contributed by atoms with Gasteiger partial charge in [-0.1, -0.05) is 81.4 Å². The minimum atomic E-state index is -0.567. The third kappa shape index (κ3) is 6.35. The van der Waals surface area contributed by atoms with Crippen LogP contribution in [0.15, 0.2) is 12.2 Å². The average molecular weight is 947 g/mol. The Kier molecular flexibility index (Phi) is 12.5. The van der Waals surface area contributed by atoms with Crippen LogP contribution in [0.2, 0.25) is 0 Å². The van der Waals surface area contributed by atoms with Crippen molar-refractivity contribution < 1.29 is 40.2 Å². The van der Waals surface area contributed by atoms with Crippen molar-refractivity contribution in [2.45, 2.75) is 217 Å². The van der Waals surface area contributed by atoms with E-state index in [-0.39, 0.29) is 51.6 Å². The summed E-state index contributed by atoms with van der Waals surface area (Å²) >= 11 is 0. The average Bonchev–Trinajstić information content (AvgIpc) is 3.89. The normalized spacial score (nSPS) is 56.7. The first-order chi connectivity index (χ1) is 31.6. The number of carboxylic acid groups (broad SMARTS) is 2. The van der Waals surface area contributed by atoms with E-state index in [2.05, 4.69) is 82.7 Å². The third-order valence-corrected chi connectivity index (χ3v) is 27.5. The molecule has 0 aromatic heterocycles. The van der Waals surface area contributed by atoms with Crippen LogP contribution in [0.1, 0.15) is 205 Å². The van der Waals surface area contributed by atoms with Gasteiger partial charge in [-0.15, -0.1) is 0 Å². The lowest BCUT2D eigenvalue weighted by atomic mass is 9.32. The molecule has 8 nitrogen and oxygen atoms in total. The molecule has 10 saturated carbocycles. The van der Waals surface area contributed by atoms with Crippen molar-refractivity contribution >= 4 is 11.9 Å². The lowest BCUT2D eigenvalue weighted by molar-refractivity contribution is -0.255. The van der Waals surface area contributed by atoms with E-state index in [0.717, 1.165) is 122 Å². The quantitative estimate of drug-likeness (QED) is 0.144. The molecule has 0 amide bonds. The summed E-state index contributed by atoms with van der Waals surface area (Å²) in [5, 5.41) is 63.7. The molecule has 6 N–H and O–H groups in total. The SMILES string of the molecule is C=C(C)C1CCC2(C(=O)O)CCC3(C)C(CCC4C5(C)CCC(O)C(C)(CO)C5CCC43C)C12.CC(C)C1CCC2(C(=O)O)CCC3(C)C(CCC4C5(C)CCC(O)C(C)(CO)C5CCC43C)C12. The van der Waals surface area contributed by atoms with Gasteiger partial charge in [-0.05, 0) is 233 Å². The molecular formula is C60H98O8. The molecule has 22 atom stereocenters. The summed E-state index contributed by atoms with van der Waals surface area (Å²) in [6, 6.07) is 0. The molecule has 0 aliphatic heterocycles. The molecule has 0 heterocycles. The molecule has 0 radical (unpaired) electrons. The third-order valence-electron chi connectivity index (χ3n) is 27.5. The number of carbonyl (C=O) groups is 2. The molecule has 0 bridgehead atoms. The Hall–Kier alpha value is -1.48. The van der Waals surface area contributed by atoms with Crippen LogP contribution in [0, 0.1) is 119 Å². The van der Waals surface area contributed by atoms with E-state index >= 15 is 0 Å². The minimum absolute atomic E-state index is 0.0568. The molecule has 68 heavy (non-hydrogen) atoms. The molecule has 386 valence electrons. The maximum absolute atomic E-state index is 12.8. The van der Waals surface area contributed by atoms with E-state index in [1.54, 1.807) is 0 Å². The zero-order valence-electron chi connectivity index (χ0n) is 44.8. The summed E-state index contributed by atoms with van der Waals surface area (Å²) in [6.45, 7) is 30.6. The predicted octanol–water partition coefficient (Wildman–Crippen LogP) is 12.2. The monoisotopic (exact) mass is 947 g/mol. The predicted molar refractivity (Wildman–Crippen MR) is 268 cm³/mol. The van der Waals surface area contributed by atoms with Crippen molar-refractivity contribution in [3.63, 3.8) is 0 Å². The number of fused-ring (bicyclic) bond motifs is 14. The number of hydrogen-bond donors (Lipinski definition) is 6. The van der Waals surface area contributed by atoms with Crippen molar-refractivity contribution in [3.8, 4) is 0 Å². The van der Waals surface area contributed by atoms with Crippen LogP contribution in [0.3, 0.4) is 0 Å². The van der Waals surface area contributed by atoms with Gasteiger partial charge < -0.3 is 30.6 Å². The highest BCUT2D eigenvalue weighted by molar-refractivity contribution is 5.76. The molecule has 8 heteroatoms. The lowest BCUT2D eigenvalue weighted by Crippen LogP contribution is -2.67. The molecule has 0 aromatic carbocycles. The van der Waals surface area contributed by atoms with Crippen molar-refractivity contribution in [1.82, 2.24) is 0 Å². The lowest BCUT2D eigenvalue weighted by Gasteiger charge is -2.72. The number of aliphatic hydroxyl groups is 4. The zero-order chi connectivity index (χ0) is 49.8. The van der Waals surface area contributed by atoms with Crippen LogP contribution in [0.4, 0.5) is 0 Å². The minimum Gasteiger partial charge on any atom is -0.481 e. The van der Waals surface area contributed by atoms with Crippen molar-refractivity contribution in [2.24, 2.45) is 119 Å². The van der Waals surface area contributed by atoms with Gasteiger partial charge in [0.05, 0.1) is 36.3 Å². The van der Waals surface area contributed by atoms with E-state index in [4.69, 9.17) is 0 Å². The standard InChI is InChI=1S/C30H50O4.C30H48O4/c2*1-18(2)19-9-14-30(25(33)34)16-15-28(5)20(24(19)30)7-8-22-26(3)12-11-23(32)27(4,17-31)21(26)10-13-29(22,28)6/h18-24,31-32H,7-17H2,1-6H3,(H,33,34);19-24,31-32H,1,7-17H2,2-6H3,(H,33,34). The Bertz CT molecular complexity index is 2000. The first-order valence-electron chi connectivity index (χ1n) is 28.3. The van der Waals surface area contributed by atoms with Crippen molar-refractivity contribution in [2.75, 3.05) is 13.2 Å². The van der Waals surface area contributed by atoms with Crippen molar-refractivity contribution in [3.05, 3.63) is 12.2 Å². The second kappa shape index (κ2) is 16.5. The van der Waals surface area contributed by atoms with Gasteiger partial charge in [0.1, 0.15) is 0 Å². The van der Waals surface area contributed by atoms with Gasteiger partial charge in [0.2, 0.25) is 0 Å². The second-order valence-corrected chi connectivity index (χ2v) is 29.2. The molecular weight excluding hydrogens is 849 g/mol. The fourth-order valence-corrected chi connectivity index (χ4v) is 23.3. The van der Waals surface area contributed by atoms with Crippen molar-refractivity contribution in [1.29, 1.82) is 0 Å². The second-order valence-electron chi connectivity index (χ2n) is 29.2. The molecule has 10 fully saturated rings. The van der Waals surface area contributed by atoms with E-state index in [9.17, 15) is 40.2 Å². The Morgan fingerprint density at radius 1 is 0.500 bits per heavy atom. The van der Waals surface area contributed by atoms with Crippen LogP contribution in [-0.2, 0) is 9.59 Å². The largest absolute Gasteiger partial charge is 0.481 e. The van der Waals surface area contributed by atoms with Crippen LogP contribution in [-0.4, -0.2) is 68.0 Å². The van der Waals surface area contributed by atoms with E-state index in [1.165, 1.54) is 12.0 Å². The number of aliphatic carboxylic acids is 2. The molecule has 0 spiro atoms. The van der Waals surface area contributed by atoms with Crippen LogP contribution >= 0.6 is 0 Å². The summed E-state index contributed by atoms with van der Waals surface area (Å²) in [7, 11) is 0. The number of hydrogen-bond acceptors (Lipinski definition) is 6. The molecule has 10 aliphatic rings. The number of carboxylic acids is 2. The maximum atomic E-state index is 12.8. The summed E-state index contributed by atoms with van der Waals surface area (Å²) in [5.74, 6) is 3.57. The van der Waals surface area contributed by atoms with Gasteiger partial charge in [0, 0.05) is 10.8 Å². The summed E-state index contributed by atoms with van der Waals surface area (Å²) < 4.78 is 0. The maximum Gasteiger partial charge on any atom is 0.309 e. The van der Waals surface area contributed by atoms with Crippen LogP contribution in [0.5, 0.6) is 0 Å². The fourth-order valence-electron chi connectivity index (χ4n) is 23.3. The number of aliphatic hydroxyl groups excluding tert-OH is 4. The molecule has 10 aliphatic carbocycles.